The highest BCUT2D eigenvalue weighted by molar-refractivity contribution is 7.91. The van der Waals surface area contributed by atoms with Crippen LogP contribution in [-0.2, 0) is 26.6 Å². The predicted octanol–water partition coefficient (Wildman–Crippen LogP) is 6.50. The molecule has 1 aliphatic rings. The van der Waals surface area contributed by atoms with Crippen molar-refractivity contribution in [1.29, 1.82) is 0 Å². The molecule has 10 heteroatoms. The summed E-state index contributed by atoms with van der Waals surface area (Å²) in [6.07, 6.45) is 8.13. The maximum Gasteiger partial charge on any atom is 0.228 e. The molecule has 0 fully saturated rings. The Labute approximate surface area is 240 Å². The molecule has 1 N–H and O–H groups in total. The molecule has 41 heavy (non-hydrogen) atoms. The molecule has 1 amide bonds. The number of hydrogen-bond donors (Lipinski definition) is 1. The van der Waals surface area contributed by atoms with Gasteiger partial charge < -0.3 is 10.1 Å². The third-order valence-corrected chi connectivity index (χ3v) is 8.41. The van der Waals surface area contributed by atoms with Gasteiger partial charge in [0.25, 0.3) is 0 Å². The summed E-state index contributed by atoms with van der Waals surface area (Å²) >= 11 is 0. The van der Waals surface area contributed by atoms with Gasteiger partial charge in [0.2, 0.25) is 5.91 Å². The van der Waals surface area contributed by atoms with E-state index in [1.54, 1.807) is 42.2 Å². The molecule has 0 bridgehead atoms. The molecule has 2 heterocycles. The van der Waals surface area contributed by atoms with Crippen LogP contribution < -0.4 is 10.1 Å². The van der Waals surface area contributed by atoms with E-state index in [4.69, 9.17) is 4.74 Å². The quantitative estimate of drug-likeness (QED) is 0.240. The minimum atomic E-state index is -3.61. The summed E-state index contributed by atoms with van der Waals surface area (Å²) in [6.45, 7) is 7.70. The molecule has 0 atom stereocenters. The van der Waals surface area contributed by atoms with Crippen LogP contribution in [0.4, 0.5) is 10.1 Å². The van der Waals surface area contributed by atoms with E-state index in [9.17, 15) is 13.2 Å². The Morgan fingerprint density at radius 1 is 1.22 bits per heavy atom. The largest absolute Gasteiger partial charge is 0.453 e. The number of fused-ring (bicyclic) bond motifs is 1. The number of rotatable bonds is 8. The van der Waals surface area contributed by atoms with E-state index in [1.807, 2.05) is 26.8 Å². The van der Waals surface area contributed by atoms with E-state index in [1.165, 1.54) is 24.4 Å². The second-order valence-electron chi connectivity index (χ2n) is 11.1. The van der Waals surface area contributed by atoms with E-state index >= 15 is 4.39 Å². The smallest absolute Gasteiger partial charge is 0.228 e. The summed E-state index contributed by atoms with van der Waals surface area (Å²) in [7, 11) is -3.61. The molecule has 0 aliphatic heterocycles. The zero-order chi connectivity index (χ0) is 29.4. The zero-order valence-electron chi connectivity index (χ0n) is 23.4. The van der Waals surface area contributed by atoms with Crippen LogP contribution in [0, 0.1) is 12.7 Å². The van der Waals surface area contributed by atoms with Gasteiger partial charge in [0, 0.05) is 19.2 Å². The fourth-order valence-electron chi connectivity index (χ4n) is 4.63. The molecular weight excluding hydrogens is 543 g/mol. The minimum Gasteiger partial charge on any atom is -0.453 e. The third kappa shape index (κ3) is 6.39. The Morgan fingerprint density at radius 2 is 2.02 bits per heavy atom. The number of amides is 1. The van der Waals surface area contributed by atoms with Crippen molar-refractivity contribution in [3.05, 3.63) is 89.3 Å². The Kier molecular flexibility index (Phi) is 7.55. The Hall–Kier alpha value is -4.27. The molecule has 4 aromatic rings. The maximum atomic E-state index is 15.3. The van der Waals surface area contributed by atoms with E-state index in [0.717, 1.165) is 12.0 Å². The van der Waals surface area contributed by atoms with Crippen LogP contribution in [0.1, 0.15) is 46.2 Å². The molecule has 8 nitrogen and oxygen atoms in total. The topological polar surface area (TPSA) is 103 Å². The van der Waals surface area contributed by atoms with E-state index in [2.05, 4.69) is 21.1 Å². The molecule has 0 unspecified atom stereocenters. The van der Waals surface area contributed by atoms with Gasteiger partial charge in [0.1, 0.15) is 5.75 Å². The lowest BCUT2D eigenvalue weighted by Gasteiger charge is -2.18. The molecule has 0 spiro atoms. The second kappa shape index (κ2) is 11.0. The van der Waals surface area contributed by atoms with E-state index in [-0.39, 0.29) is 41.4 Å². The summed E-state index contributed by atoms with van der Waals surface area (Å²) in [4.78, 5) is 17.1. The number of carbonyl (C=O) groups is 1. The van der Waals surface area contributed by atoms with Gasteiger partial charge in [-0.25, -0.2) is 12.8 Å². The number of halogens is 1. The van der Waals surface area contributed by atoms with Gasteiger partial charge >= 0.3 is 0 Å². The summed E-state index contributed by atoms with van der Waals surface area (Å²) in [6, 6.07) is 9.18. The van der Waals surface area contributed by atoms with Gasteiger partial charge in [0.15, 0.2) is 21.4 Å². The number of carbonyl (C=O) groups excluding carboxylic acids is 1. The molecule has 5 rings (SSSR count). The van der Waals surface area contributed by atoms with Crippen LogP contribution in [0.2, 0.25) is 0 Å². The Bertz CT molecular complexity index is 1810. The second-order valence-corrected chi connectivity index (χ2v) is 13.1. The standard InChI is InChI=1S/C31H31FN4O4S.H2/c1-20-13-22(15-29(37)35-23-17-34-36(18-23)31(2,3)4)14-26(32)30(20)40-28-11-12-33-27-10-9-24(16-25(27)28)41(38,39)19-21-7-5-6-8-21;/h5,9-14,16-18H,6,8,15,19H2,1-4H3,(H,35,37);1H. The number of pyridine rings is 1. The van der Waals surface area contributed by atoms with E-state index in [0.29, 0.717) is 34.1 Å². The van der Waals surface area contributed by atoms with Crippen LogP contribution in [0.5, 0.6) is 11.5 Å². The van der Waals surface area contributed by atoms with Gasteiger partial charge in [-0.1, -0.05) is 6.07 Å². The molecular formula is C31H33FN4O4S. The van der Waals surface area contributed by atoms with Gasteiger partial charge in [0.05, 0.1) is 40.0 Å². The third-order valence-electron chi connectivity index (χ3n) is 6.71. The summed E-state index contributed by atoms with van der Waals surface area (Å²) in [5.74, 6) is -0.781. The predicted molar refractivity (Wildman–Crippen MR) is 158 cm³/mol. The van der Waals surface area contributed by atoms with Gasteiger partial charge in [-0.2, -0.15) is 5.10 Å². The number of aromatic nitrogens is 3. The first kappa shape index (κ1) is 28.3. The first-order valence-corrected chi connectivity index (χ1v) is 14.9. The lowest BCUT2D eigenvalue weighted by atomic mass is 10.1. The van der Waals surface area contributed by atoms with Gasteiger partial charge in [-0.05, 0) is 93.6 Å². The SMILES string of the molecule is Cc1cc(CC(=O)Nc2cnn(C(C)(C)C)c2)cc(F)c1Oc1ccnc2ccc(S(=O)(=O)CC3=C=CCC3)cc12.[HH]. The number of hydrogen-bond acceptors (Lipinski definition) is 6. The monoisotopic (exact) mass is 576 g/mol. The van der Waals surface area contributed by atoms with Crippen molar-refractivity contribution < 1.29 is 23.8 Å². The molecule has 214 valence electrons. The average Bonchev–Trinajstić information content (AvgIpc) is 3.58. The van der Waals surface area contributed by atoms with Crippen molar-refractivity contribution in [2.24, 2.45) is 0 Å². The van der Waals surface area contributed by atoms with Crippen LogP contribution in [0.3, 0.4) is 0 Å². The first-order chi connectivity index (χ1) is 19.4. The van der Waals surface area contributed by atoms with Crippen molar-refractivity contribution >= 4 is 32.3 Å². The number of nitrogens with zero attached hydrogens (tertiary/aromatic N) is 3. The lowest BCUT2D eigenvalue weighted by molar-refractivity contribution is -0.115. The lowest BCUT2D eigenvalue weighted by Crippen LogP contribution is -2.22. The highest BCUT2D eigenvalue weighted by Gasteiger charge is 2.21. The normalized spacial score (nSPS) is 13.4. The van der Waals surface area contributed by atoms with Crippen LogP contribution in [0.25, 0.3) is 10.9 Å². The number of nitrogens with one attached hydrogen (secondary N) is 1. The van der Waals surface area contributed by atoms with E-state index < -0.39 is 15.7 Å². The Morgan fingerprint density at radius 3 is 2.71 bits per heavy atom. The molecule has 2 aromatic carbocycles. The number of ether oxygens (including phenoxy) is 1. The fourth-order valence-corrected chi connectivity index (χ4v) is 6.06. The molecule has 2 aromatic heterocycles. The molecule has 1 aliphatic carbocycles. The van der Waals surface area contributed by atoms with Gasteiger partial charge in [-0.15, -0.1) is 5.73 Å². The van der Waals surface area contributed by atoms with Crippen LogP contribution in [0.15, 0.2) is 77.3 Å². The minimum absolute atomic E-state index is 0. The summed E-state index contributed by atoms with van der Waals surface area (Å²) in [5.41, 5.74) is 5.59. The fraction of sp³-hybridized carbons (Fsp3) is 0.290. The average molecular weight is 577 g/mol. The summed E-state index contributed by atoms with van der Waals surface area (Å²) in [5, 5.41) is 7.52. The molecule has 0 saturated carbocycles. The molecule has 0 radical (unpaired) electrons. The van der Waals surface area contributed by atoms with Crippen molar-refractivity contribution in [2.45, 2.75) is 57.4 Å². The number of benzene rings is 2. The zero-order valence-corrected chi connectivity index (χ0v) is 24.2. The van der Waals surface area contributed by atoms with Crippen LogP contribution >= 0.6 is 0 Å². The highest BCUT2D eigenvalue weighted by atomic mass is 32.2. The van der Waals surface area contributed by atoms with Crippen molar-refractivity contribution in [3.8, 4) is 11.5 Å². The number of aryl methyl sites for hydroxylation is 1. The number of anilines is 1. The maximum absolute atomic E-state index is 15.3. The Balaban J connectivity index is 0.00000405. The first-order valence-electron chi connectivity index (χ1n) is 13.3. The highest BCUT2D eigenvalue weighted by Crippen LogP contribution is 2.34. The number of sulfone groups is 1. The summed E-state index contributed by atoms with van der Waals surface area (Å²) < 4.78 is 49.2. The molecule has 0 saturated heterocycles. The van der Waals surface area contributed by atoms with Crippen molar-refractivity contribution in [3.63, 3.8) is 0 Å². The van der Waals surface area contributed by atoms with Crippen LogP contribution in [-0.4, -0.2) is 34.8 Å². The van der Waals surface area contributed by atoms with Crippen molar-refractivity contribution in [2.75, 3.05) is 11.1 Å². The van der Waals surface area contributed by atoms with Gasteiger partial charge in [-0.3, -0.25) is 14.5 Å². The van der Waals surface area contributed by atoms with Crippen molar-refractivity contribution in [1.82, 2.24) is 14.8 Å².